The average Bonchev–Trinajstić information content (AvgIpc) is 2.81. The van der Waals surface area contributed by atoms with Gasteiger partial charge in [-0.15, -0.1) is 0 Å². The zero-order chi connectivity index (χ0) is 13.0. The number of aliphatic hydroxyl groups is 1. The zero-order valence-electron chi connectivity index (χ0n) is 11.2. The Labute approximate surface area is 109 Å². The highest BCUT2D eigenvalue weighted by molar-refractivity contribution is 5.69. The third-order valence-electron chi connectivity index (χ3n) is 4.03. The van der Waals surface area contributed by atoms with Crippen molar-refractivity contribution >= 4 is 6.09 Å². The zero-order valence-corrected chi connectivity index (χ0v) is 11.2. The Bertz CT molecular complexity index is 285. The molecule has 1 amide bonds. The SMILES string of the molecule is CCC(O)C1CCCCN1CCN1CCOC1=O. The van der Waals surface area contributed by atoms with Crippen LogP contribution >= 0.6 is 0 Å². The minimum Gasteiger partial charge on any atom is -0.448 e. The molecule has 104 valence electrons. The molecule has 2 fully saturated rings. The summed E-state index contributed by atoms with van der Waals surface area (Å²) in [4.78, 5) is 15.4. The number of ether oxygens (including phenoxy) is 1. The van der Waals surface area contributed by atoms with E-state index in [0.29, 0.717) is 19.7 Å². The molecule has 0 aliphatic carbocycles. The van der Waals surface area contributed by atoms with Gasteiger partial charge in [-0.2, -0.15) is 0 Å². The minimum absolute atomic E-state index is 0.195. The van der Waals surface area contributed by atoms with Crippen molar-refractivity contribution < 1.29 is 14.6 Å². The molecule has 18 heavy (non-hydrogen) atoms. The van der Waals surface area contributed by atoms with E-state index in [-0.39, 0.29) is 18.2 Å². The second-order valence-corrected chi connectivity index (χ2v) is 5.18. The lowest BCUT2D eigenvalue weighted by Crippen LogP contribution is -2.49. The summed E-state index contributed by atoms with van der Waals surface area (Å²) in [5.74, 6) is 0. The summed E-state index contributed by atoms with van der Waals surface area (Å²) in [6.45, 7) is 5.83. The van der Waals surface area contributed by atoms with Gasteiger partial charge in [0, 0.05) is 19.1 Å². The fraction of sp³-hybridized carbons (Fsp3) is 0.923. The van der Waals surface area contributed by atoms with E-state index in [9.17, 15) is 9.90 Å². The van der Waals surface area contributed by atoms with Crippen LogP contribution in [0.2, 0.25) is 0 Å². The summed E-state index contributed by atoms with van der Waals surface area (Å²) < 4.78 is 4.92. The van der Waals surface area contributed by atoms with Gasteiger partial charge in [-0.3, -0.25) is 4.90 Å². The second-order valence-electron chi connectivity index (χ2n) is 5.18. The predicted octanol–water partition coefficient (Wildman–Crippen LogP) is 1.06. The van der Waals surface area contributed by atoms with Gasteiger partial charge in [-0.1, -0.05) is 13.3 Å². The number of rotatable bonds is 5. The molecule has 2 atom stereocenters. The second kappa shape index (κ2) is 6.38. The summed E-state index contributed by atoms with van der Waals surface area (Å²) in [5.41, 5.74) is 0. The minimum atomic E-state index is -0.240. The van der Waals surface area contributed by atoms with Crippen LogP contribution in [-0.2, 0) is 4.74 Å². The lowest BCUT2D eigenvalue weighted by Gasteiger charge is -2.38. The number of nitrogens with zero attached hydrogens (tertiary/aromatic N) is 2. The highest BCUT2D eigenvalue weighted by Crippen LogP contribution is 2.21. The highest BCUT2D eigenvalue weighted by atomic mass is 16.6. The molecule has 5 nitrogen and oxygen atoms in total. The van der Waals surface area contributed by atoms with Gasteiger partial charge in [0.25, 0.3) is 0 Å². The molecule has 1 N–H and O–H groups in total. The van der Waals surface area contributed by atoms with Crippen LogP contribution in [0.4, 0.5) is 4.79 Å². The van der Waals surface area contributed by atoms with Gasteiger partial charge in [-0.05, 0) is 25.8 Å². The van der Waals surface area contributed by atoms with E-state index in [1.54, 1.807) is 4.90 Å². The number of aliphatic hydroxyl groups excluding tert-OH is 1. The van der Waals surface area contributed by atoms with Gasteiger partial charge in [0.1, 0.15) is 6.61 Å². The number of carbonyl (C=O) groups excluding carboxylic acids is 1. The van der Waals surface area contributed by atoms with Crippen LogP contribution in [-0.4, -0.2) is 65.9 Å². The molecule has 0 aromatic rings. The van der Waals surface area contributed by atoms with Gasteiger partial charge < -0.3 is 14.7 Å². The first-order valence-corrected chi connectivity index (χ1v) is 7.06. The first kappa shape index (κ1) is 13.6. The molecule has 2 rings (SSSR count). The summed E-state index contributed by atoms with van der Waals surface area (Å²) >= 11 is 0. The first-order chi connectivity index (χ1) is 8.72. The number of likely N-dealkylation sites (tertiary alicyclic amines) is 1. The van der Waals surface area contributed by atoms with Gasteiger partial charge >= 0.3 is 6.09 Å². The average molecular weight is 256 g/mol. The van der Waals surface area contributed by atoms with E-state index in [1.807, 2.05) is 6.92 Å². The maximum Gasteiger partial charge on any atom is 0.409 e. The standard InChI is InChI=1S/C13H24N2O3/c1-2-12(16)11-5-3-4-6-14(11)7-8-15-9-10-18-13(15)17/h11-12,16H,2-10H2,1H3. The summed E-state index contributed by atoms with van der Waals surface area (Å²) in [5, 5.41) is 10.1. The maximum atomic E-state index is 11.4. The van der Waals surface area contributed by atoms with Crippen molar-refractivity contribution in [3.8, 4) is 0 Å². The van der Waals surface area contributed by atoms with Crippen LogP contribution < -0.4 is 0 Å². The quantitative estimate of drug-likeness (QED) is 0.799. The Morgan fingerprint density at radius 1 is 1.39 bits per heavy atom. The fourth-order valence-corrected chi connectivity index (χ4v) is 2.88. The van der Waals surface area contributed by atoms with Crippen LogP contribution in [0.3, 0.4) is 0 Å². The molecule has 5 heteroatoms. The molecule has 2 heterocycles. The highest BCUT2D eigenvalue weighted by Gasteiger charge is 2.29. The van der Waals surface area contributed by atoms with E-state index < -0.39 is 0 Å². The van der Waals surface area contributed by atoms with E-state index in [2.05, 4.69) is 4.90 Å². The summed E-state index contributed by atoms with van der Waals surface area (Å²) in [6.07, 6.45) is 3.82. The molecule has 0 spiro atoms. The third kappa shape index (κ3) is 3.14. The molecule has 2 unspecified atom stereocenters. The molecule has 0 aromatic carbocycles. The Morgan fingerprint density at radius 3 is 2.89 bits per heavy atom. The largest absolute Gasteiger partial charge is 0.448 e. The number of cyclic esters (lactones) is 1. The molecule has 0 bridgehead atoms. The van der Waals surface area contributed by atoms with Gasteiger partial charge in [0.2, 0.25) is 0 Å². The van der Waals surface area contributed by atoms with E-state index in [4.69, 9.17) is 4.74 Å². The van der Waals surface area contributed by atoms with Crippen LogP contribution in [0, 0.1) is 0 Å². The van der Waals surface area contributed by atoms with Gasteiger partial charge in [-0.25, -0.2) is 4.79 Å². The number of carbonyl (C=O) groups is 1. The maximum absolute atomic E-state index is 11.4. The van der Waals surface area contributed by atoms with Crippen molar-refractivity contribution in [1.82, 2.24) is 9.80 Å². The van der Waals surface area contributed by atoms with Crippen molar-refractivity contribution in [2.75, 3.05) is 32.8 Å². The Balaban J connectivity index is 1.83. The van der Waals surface area contributed by atoms with Crippen molar-refractivity contribution in [3.05, 3.63) is 0 Å². The lowest BCUT2D eigenvalue weighted by molar-refractivity contribution is 0.0213. The van der Waals surface area contributed by atoms with Crippen molar-refractivity contribution in [3.63, 3.8) is 0 Å². The van der Waals surface area contributed by atoms with Crippen LogP contribution in [0.5, 0.6) is 0 Å². The molecular weight excluding hydrogens is 232 g/mol. The van der Waals surface area contributed by atoms with Gasteiger partial charge in [0.15, 0.2) is 0 Å². The Morgan fingerprint density at radius 2 is 2.22 bits per heavy atom. The predicted molar refractivity (Wildman–Crippen MR) is 68.4 cm³/mol. The number of amides is 1. The molecule has 0 aromatic heterocycles. The third-order valence-corrected chi connectivity index (χ3v) is 4.03. The molecular formula is C13H24N2O3. The number of piperidine rings is 1. The molecule has 0 radical (unpaired) electrons. The fourth-order valence-electron chi connectivity index (χ4n) is 2.88. The summed E-state index contributed by atoms with van der Waals surface area (Å²) in [6, 6.07) is 0.266. The number of hydrogen-bond donors (Lipinski definition) is 1. The van der Waals surface area contributed by atoms with E-state index in [0.717, 1.165) is 25.9 Å². The van der Waals surface area contributed by atoms with Crippen molar-refractivity contribution in [2.24, 2.45) is 0 Å². The monoisotopic (exact) mass is 256 g/mol. The number of hydrogen-bond acceptors (Lipinski definition) is 4. The molecule has 0 saturated carbocycles. The molecule has 2 saturated heterocycles. The van der Waals surface area contributed by atoms with Gasteiger partial charge in [0.05, 0.1) is 12.6 Å². The smallest absolute Gasteiger partial charge is 0.409 e. The molecule has 2 aliphatic rings. The molecule has 2 aliphatic heterocycles. The Hall–Kier alpha value is -0.810. The topological polar surface area (TPSA) is 53.0 Å². The van der Waals surface area contributed by atoms with Crippen LogP contribution in [0.15, 0.2) is 0 Å². The normalized spacial score (nSPS) is 27.3. The lowest BCUT2D eigenvalue weighted by atomic mass is 9.96. The summed E-state index contributed by atoms with van der Waals surface area (Å²) in [7, 11) is 0. The van der Waals surface area contributed by atoms with Crippen LogP contribution in [0.25, 0.3) is 0 Å². The Kier molecular flexibility index (Phi) is 4.83. The first-order valence-electron chi connectivity index (χ1n) is 7.06. The van der Waals surface area contributed by atoms with E-state index in [1.165, 1.54) is 12.8 Å². The van der Waals surface area contributed by atoms with E-state index >= 15 is 0 Å². The van der Waals surface area contributed by atoms with Crippen molar-refractivity contribution in [1.29, 1.82) is 0 Å². The van der Waals surface area contributed by atoms with Crippen molar-refractivity contribution in [2.45, 2.75) is 44.8 Å². The van der Waals surface area contributed by atoms with Crippen LogP contribution in [0.1, 0.15) is 32.6 Å².